The van der Waals surface area contributed by atoms with Gasteiger partial charge in [0.05, 0.1) is 8.95 Å². The molecular formula is C23H18Br2F3NO4. The Morgan fingerprint density at radius 1 is 0.970 bits per heavy atom. The number of carboxylic acid groups (broad SMARTS) is 1. The first-order valence-corrected chi connectivity index (χ1v) is 11.2. The summed E-state index contributed by atoms with van der Waals surface area (Å²) in [7, 11) is 0. The average Bonchev–Trinajstić information content (AvgIpc) is 2.72. The van der Waals surface area contributed by atoms with Crippen molar-refractivity contribution >= 4 is 43.5 Å². The highest BCUT2D eigenvalue weighted by Crippen LogP contribution is 2.36. The third-order valence-electron chi connectivity index (χ3n) is 4.43. The van der Waals surface area contributed by atoms with Crippen LogP contribution in [-0.4, -0.2) is 23.5 Å². The quantitative estimate of drug-likeness (QED) is 0.288. The van der Waals surface area contributed by atoms with Crippen molar-refractivity contribution in [2.24, 2.45) is 0 Å². The van der Waals surface area contributed by atoms with E-state index in [1.54, 1.807) is 30.3 Å². The van der Waals surface area contributed by atoms with E-state index in [4.69, 9.17) is 4.74 Å². The number of para-hydroxylation sites is 1. The Morgan fingerprint density at radius 2 is 1.64 bits per heavy atom. The smallest absolute Gasteiger partial charge is 0.487 e. The molecule has 0 saturated heterocycles. The molecule has 3 aromatic rings. The number of rotatable bonds is 9. The molecule has 0 aromatic heterocycles. The van der Waals surface area contributed by atoms with Gasteiger partial charge in [-0.1, -0.05) is 30.3 Å². The molecule has 5 nitrogen and oxygen atoms in total. The second-order valence-corrected chi connectivity index (χ2v) is 8.69. The molecule has 0 aliphatic rings. The van der Waals surface area contributed by atoms with E-state index in [0.29, 0.717) is 25.9 Å². The van der Waals surface area contributed by atoms with Gasteiger partial charge in [0, 0.05) is 12.1 Å². The van der Waals surface area contributed by atoms with Gasteiger partial charge in [0.2, 0.25) is 0 Å². The molecule has 3 rings (SSSR count). The molecule has 0 heterocycles. The van der Waals surface area contributed by atoms with Gasteiger partial charge in [0.15, 0.2) is 0 Å². The van der Waals surface area contributed by atoms with E-state index in [9.17, 15) is 23.1 Å². The Bertz CT molecular complexity index is 1090. The highest BCUT2D eigenvalue weighted by atomic mass is 79.9. The summed E-state index contributed by atoms with van der Waals surface area (Å²) in [6, 6.07) is 17.2. The summed E-state index contributed by atoms with van der Waals surface area (Å²) in [5, 5.41) is 12.6. The number of benzene rings is 3. The SMILES string of the molecule is O=C(O)C(Cc1cc(Br)c(OCc2cccc(OC(F)(F)F)c2)c(Br)c1)Nc1ccccc1. The molecule has 1 unspecified atom stereocenters. The van der Waals surface area contributed by atoms with Crippen molar-refractivity contribution in [1.82, 2.24) is 0 Å². The van der Waals surface area contributed by atoms with E-state index in [-0.39, 0.29) is 18.8 Å². The number of carboxylic acids is 1. The summed E-state index contributed by atoms with van der Waals surface area (Å²) in [6.07, 6.45) is -4.57. The zero-order chi connectivity index (χ0) is 24.0. The van der Waals surface area contributed by atoms with Crippen LogP contribution in [0.25, 0.3) is 0 Å². The third-order valence-corrected chi connectivity index (χ3v) is 5.60. The van der Waals surface area contributed by atoms with Gasteiger partial charge in [0.25, 0.3) is 0 Å². The monoisotopic (exact) mass is 587 g/mol. The van der Waals surface area contributed by atoms with E-state index >= 15 is 0 Å². The normalized spacial score (nSPS) is 12.2. The lowest BCUT2D eigenvalue weighted by Gasteiger charge is -2.18. The molecular weight excluding hydrogens is 571 g/mol. The molecule has 174 valence electrons. The van der Waals surface area contributed by atoms with Crippen LogP contribution >= 0.6 is 31.9 Å². The molecule has 0 spiro atoms. The second kappa shape index (κ2) is 10.9. The predicted molar refractivity (Wildman–Crippen MR) is 124 cm³/mol. The predicted octanol–water partition coefficient (Wildman–Crippen LogP) is 6.80. The van der Waals surface area contributed by atoms with E-state index in [2.05, 4.69) is 41.9 Å². The van der Waals surface area contributed by atoms with Crippen LogP contribution < -0.4 is 14.8 Å². The zero-order valence-corrected chi connectivity index (χ0v) is 20.1. The fraction of sp³-hybridized carbons (Fsp3) is 0.174. The van der Waals surface area contributed by atoms with E-state index in [1.807, 2.05) is 18.2 Å². The Hall–Kier alpha value is -2.72. The van der Waals surface area contributed by atoms with Gasteiger partial charge >= 0.3 is 12.3 Å². The number of carbonyl (C=O) groups is 1. The standard InChI is InChI=1S/C23H18Br2F3NO4/c24-18-10-15(12-20(22(30)31)29-16-6-2-1-3-7-16)11-19(25)21(18)32-13-14-5-4-8-17(9-14)33-23(26,27)28/h1-11,20,29H,12-13H2,(H,30,31). The number of hydrogen-bond acceptors (Lipinski definition) is 4. The number of halogens is 5. The summed E-state index contributed by atoms with van der Waals surface area (Å²) < 4.78 is 48.1. The summed E-state index contributed by atoms with van der Waals surface area (Å²) in [5.41, 5.74) is 1.91. The molecule has 0 fully saturated rings. The molecule has 0 bridgehead atoms. The topological polar surface area (TPSA) is 67.8 Å². The van der Waals surface area contributed by atoms with Crippen LogP contribution in [0.4, 0.5) is 18.9 Å². The molecule has 0 amide bonds. The van der Waals surface area contributed by atoms with Gasteiger partial charge in [-0.3, -0.25) is 0 Å². The maximum atomic E-state index is 12.4. The van der Waals surface area contributed by atoms with Gasteiger partial charge in [-0.05, 0) is 79.4 Å². The lowest BCUT2D eigenvalue weighted by molar-refractivity contribution is -0.274. The summed E-state index contributed by atoms with van der Waals surface area (Å²) >= 11 is 6.85. The van der Waals surface area contributed by atoms with Gasteiger partial charge < -0.3 is 19.9 Å². The molecule has 0 aliphatic carbocycles. The minimum Gasteiger partial charge on any atom is -0.487 e. The van der Waals surface area contributed by atoms with Crippen molar-refractivity contribution in [3.63, 3.8) is 0 Å². The third kappa shape index (κ3) is 7.68. The maximum absolute atomic E-state index is 12.4. The molecule has 3 aromatic carbocycles. The largest absolute Gasteiger partial charge is 0.573 e. The Morgan fingerprint density at radius 3 is 2.24 bits per heavy atom. The van der Waals surface area contributed by atoms with Crippen molar-refractivity contribution in [2.75, 3.05) is 5.32 Å². The lowest BCUT2D eigenvalue weighted by atomic mass is 10.1. The maximum Gasteiger partial charge on any atom is 0.573 e. The Labute approximate surface area is 204 Å². The second-order valence-electron chi connectivity index (χ2n) is 6.98. The number of hydrogen-bond donors (Lipinski definition) is 2. The van der Waals surface area contributed by atoms with Crippen LogP contribution in [0, 0.1) is 0 Å². The first-order valence-electron chi connectivity index (χ1n) is 9.60. The number of anilines is 1. The highest BCUT2D eigenvalue weighted by Gasteiger charge is 2.31. The van der Waals surface area contributed by atoms with E-state index in [0.717, 1.165) is 5.56 Å². The van der Waals surface area contributed by atoms with Crippen molar-refractivity contribution in [3.05, 3.63) is 86.8 Å². The van der Waals surface area contributed by atoms with Crippen LogP contribution in [0.2, 0.25) is 0 Å². The molecule has 0 aliphatic heterocycles. The van der Waals surface area contributed by atoms with Crippen molar-refractivity contribution < 1.29 is 32.5 Å². The van der Waals surface area contributed by atoms with Crippen LogP contribution in [0.1, 0.15) is 11.1 Å². The Balaban J connectivity index is 1.70. The molecule has 2 N–H and O–H groups in total. The number of nitrogens with one attached hydrogen (secondary N) is 1. The zero-order valence-electron chi connectivity index (χ0n) is 16.9. The molecule has 33 heavy (non-hydrogen) atoms. The lowest BCUT2D eigenvalue weighted by Crippen LogP contribution is -2.31. The minimum absolute atomic E-state index is 0.00107. The van der Waals surface area contributed by atoms with Crippen LogP contribution in [0.15, 0.2) is 75.7 Å². The fourth-order valence-electron chi connectivity index (χ4n) is 3.03. The van der Waals surface area contributed by atoms with Crippen molar-refractivity contribution in [3.8, 4) is 11.5 Å². The fourth-order valence-corrected chi connectivity index (χ4v) is 4.54. The van der Waals surface area contributed by atoms with Crippen molar-refractivity contribution in [2.45, 2.75) is 25.4 Å². The molecule has 0 saturated carbocycles. The van der Waals surface area contributed by atoms with Gasteiger partial charge in [0.1, 0.15) is 24.1 Å². The molecule has 1 atom stereocenters. The number of aliphatic carboxylic acids is 1. The minimum atomic E-state index is -4.77. The molecule has 10 heteroatoms. The summed E-state index contributed by atoms with van der Waals surface area (Å²) in [5.74, 6) is -0.890. The van der Waals surface area contributed by atoms with Crippen LogP contribution in [0.3, 0.4) is 0 Å². The summed E-state index contributed by atoms with van der Waals surface area (Å²) in [4.78, 5) is 11.7. The van der Waals surface area contributed by atoms with Crippen LogP contribution in [-0.2, 0) is 17.8 Å². The molecule has 0 radical (unpaired) electrons. The van der Waals surface area contributed by atoms with Gasteiger partial charge in [-0.2, -0.15) is 0 Å². The highest BCUT2D eigenvalue weighted by molar-refractivity contribution is 9.11. The first kappa shape index (κ1) is 24.9. The Kier molecular flexibility index (Phi) is 8.25. The van der Waals surface area contributed by atoms with E-state index < -0.39 is 18.4 Å². The average molecular weight is 589 g/mol. The number of alkyl halides is 3. The van der Waals surface area contributed by atoms with Gasteiger partial charge in [-0.15, -0.1) is 13.2 Å². The number of ether oxygens (including phenoxy) is 2. The summed E-state index contributed by atoms with van der Waals surface area (Å²) in [6.45, 7) is -0.00107. The van der Waals surface area contributed by atoms with Crippen molar-refractivity contribution in [1.29, 1.82) is 0 Å². The van der Waals surface area contributed by atoms with E-state index in [1.165, 1.54) is 18.2 Å². The van der Waals surface area contributed by atoms with Crippen LogP contribution in [0.5, 0.6) is 11.5 Å². The van der Waals surface area contributed by atoms with Gasteiger partial charge in [-0.25, -0.2) is 4.79 Å². The first-order chi connectivity index (χ1) is 15.6.